The highest BCUT2D eigenvalue weighted by molar-refractivity contribution is 5.93. The summed E-state index contributed by atoms with van der Waals surface area (Å²) in [7, 11) is 0. The number of hydrogen-bond acceptors (Lipinski definition) is 8. The number of rotatable bonds is 7. The predicted octanol–water partition coefficient (Wildman–Crippen LogP) is 2.47. The number of esters is 3. The van der Waals surface area contributed by atoms with Gasteiger partial charge in [0.05, 0.1) is 30.3 Å². The van der Waals surface area contributed by atoms with Gasteiger partial charge in [-0.3, -0.25) is 0 Å². The molecule has 2 aliphatic rings. The first kappa shape index (κ1) is 26.3. The van der Waals surface area contributed by atoms with E-state index in [9.17, 15) is 24.6 Å². The minimum absolute atomic E-state index is 0.0443. The maximum atomic E-state index is 13.0. The largest absolute Gasteiger partial charge is 0.458 e. The Bertz CT molecular complexity index is 905. The van der Waals surface area contributed by atoms with Gasteiger partial charge in [0.25, 0.3) is 0 Å². The standard InChI is InChI=1S/C25H32O8/c1-5-18(13-27)24(29)31-14-19(10-11-26)25(30)32-20-12-15(2)8-6-7-9-16(3)22-21(20)17(4)23(28)33-22/h5,8-10,20-22,26-27H,4,6-7,11-14H2,1-3H3/b15-8+,16-9+,18-5+,19-10-/t20-,21-,22-/m1/s1. The van der Waals surface area contributed by atoms with E-state index in [1.165, 1.54) is 12.2 Å². The molecule has 1 heterocycles. The fourth-order valence-corrected chi connectivity index (χ4v) is 3.81. The summed E-state index contributed by atoms with van der Waals surface area (Å²) in [4.78, 5) is 37.3. The summed E-state index contributed by atoms with van der Waals surface area (Å²) in [5, 5.41) is 18.5. The smallest absolute Gasteiger partial charge is 0.337 e. The second kappa shape index (κ2) is 12.3. The van der Waals surface area contributed by atoms with E-state index in [1.54, 1.807) is 6.92 Å². The first-order valence-electron chi connectivity index (χ1n) is 10.9. The van der Waals surface area contributed by atoms with Gasteiger partial charge in [0.15, 0.2) is 0 Å². The lowest BCUT2D eigenvalue weighted by Gasteiger charge is -2.29. The van der Waals surface area contributed by atoms with E-state index in [1.807, 2.05) is 19.9 Å². The van der Waals surface area contributed by atoms with Crippen molar-refractivity contribution in [1.29, 1.82) is 0 Å². The van der Waals surface area contributed by atoms with Crippen molar-refractivity contribution in [1.82, 2.24) is 0 Å². The Balaban J connectivity index is 2.27. The number of allylic oxidation sites excluding steroid dienone is 3. The van der Waals surface area contributed by atoms with Gasteiger partial charge in [0.1, 0.15) is 18.8 Å². The molecule has 2 N–H and O–H groups in total. The molecule has 1 fully saturated rings. The monoisotopic (exact) mass is 460 g/mol. The summed E-state index contributed by atoms with van der Waals surface area (Å²) in [5.41, 5.74) is 2.08. The molecule has 1 aliphatic carbocycles. The number of hydrogen-bond donors (Lipinski definition) is 2. The van der Waals surface area contributed by atoms with Gasteiger partial charge < -0.3 is 24.4 Å². The minimum Gasteiger partial charge on any atom is -0.458 e. The van der Waals surface area contributed by atoms with Crippen LogP contribution in [0, 0.1) is 5.92 Å². The Kier molecular flexibility index (Phi) is 9.81. The second-order valence-corrected chi connectivity index (χ2v) is 8.06. The fourth-order valence-electron chi connectivity index (χ4n) is 3.81. The van der Waals surface area contributed by atoms with Crippen LogP contribution in [0.2, 0.25) is 0 Å². The fraction of sp³-hybridized carbons (Fsp3) is 0.480. The van der Waals surface area contributed by atoms with Crippen molar-refractivity contribution < 1.29 is 38.8 Å². The van der Waals surface area contributed by atoms with Gasteiger partial charge in [-0.05, 0) is 45.3 Å². The zero-order valence-electron chi connectivity index (χ0n) is 19.3. The highest BCUT2D eigenvalue weighted by Crippen LogP contribution is 2.38. The molecule has 2 rings (SSSR count). The zero-order chi connectivity index (χ0) is 24.5. The Morgan fingerprint density at radius 2 is 1.88 bits per heavy atom. The van der Waals surface area contributed by atoms with Gasteiger partial charge in [-0.15, -0.1) is 0 Å². The molecular weight excluding hydrogens is 428 g/mol. The first-order chi connectivity index (χ1) is 15.7. The summed E-state index contributed by atoms with van der Waals surface area (Å²) < 4.78 is 16.4. The van der Waals surface area contributed by atoms with Crippen LogP contribution in [0.1, 0.15) is 40.0 Å². The third-order valence-corrected chi connectivity index (χ3v) is 5.72. The average Bonchev–Trinajstić information content (AvgIpc) is 3.08. The molecule has 0 aromatic carbocycles. The van der Waals surface area contributed by atoms with Crippen molar-refractivity contribution >= 4 is 17.9 Å². The van der Waals surface area contributed by atoms with E-state index < -0.39 is 55.9 Å². The normalized spacial score (nSPS) is 27.5. The van der Waals surface area contributed by atoms with Gasteiger partial charge in [0, 0.05) is 12.0 Å². The molecular formula is C25H32O8. The second-order valence-electron chi connectivity index (χ2n) is 8.06. The number of ether oxygens (including phenoxy) is 3. The lowest BCUT2D eigenvalue weighted by molar-refractivity contribution is -0.148. The quantitative estimate of drug-likeness (QED) is 0.257. The number of fused-ring (bicyclic) bond motifs is 1. The van der Waals surface area contributed by atoms with E-state index >= 15 is 0 Å². The lowest BCUT2D eigenvalue weighted by Crippen LogP contribution is -2.35. The van der Waals surface area contributed by atoms with E-state index in [-0.39, 0.29) is 16.7 Å². The summed E-state index contributed by atoms with van der Waals surface area (Å²) in [6.07, 6.45) is 7.32. The Morgan fingerprint density at radius 3 is 2.52 bits per heavy atom. The Morgan fingerprint density at radius 1 is 1.18 bits per heavy atom. The van der Waals surface area contributed by atoms with Crippen LogP contribution >= 0.6 is 0 Å². The summed E-state index contributed by atoms with van der Waals surface area (Å²) >= 11 is 0. The summed E-state index contributed by atoms with van der Waals surface area (Å²) in [6, 6.07) is 0. The summed E-state index contributed by atoms with van der Waals surface area (Å²) in [5.74, 6) is -2.66. The topological polar surface area (TPSA) is 119 Å². The molecule has 0 aromatic heterocycles. The lowest BCUT2D eigenvalue weighted by atomic mass is 9.83. The molecule has 0 aromatic rings. The molecule has 33 heavy (non-hydrogen) atoms. The molecule has 1 saturated heterocycles. The molecule has 0 saturated carbocycles. The van der Waals surface area contributed by atoms with E-state index in [2.05, 4.69) is 12.7 Å². The van der Waals surface area contributed by atoms with Crippen molar-refractivity contribution in [2.24, 2.45) is 5.92 Å². The van der Waals surface area contributed by atoms with Crippen molar-refractivity contribution in [3.63, 3.8) is 0 Å². The van der Waals surface area contributed by atoms with Gasteiger partial charge in [-0.1, -0.05) is 30.4 Å². The number of aliphatic hydroxyl groups is 2. The highest BCUT2D eigenvalue weighted by atomic mass is 16.6. The van der Waals surface area contributed by atoms with Crippen LogP contribution in [-0.4, -0.2) is 60.1 Å². The molecule has 8 nitrogen and oxygen atoms in total. The maximum Gasteiger partial charge on any atom is 0.337 e. The Hall–Kier alpha value is -2.97. The number of carbonyl (C=O) groups excluding carboxylic acids is 3. The van der Waals surface area contributed by atoms with Crippen LogP contribution in [0.25, 0.3) is 0 Å². The molecule has 0 unspecified atom stereocenters. The third-order valence-electron chi connectivity index (χ3n) is 5.72. The van der Waals surface area contributed by atoms with Crippen LogP contribution in [0.5, 0.6) is 0 Å². The molecule has 180 valence electrons. The van der Waals surface area contributed by atoms with E-state index in [4.69, 9.17) is 14.2 Å². The van der Waals surface area contributed by atoms with Gasteiger partial charge in [-0.2, -0.15) is 0 Å². The molecule has 1 aliphatic heterocycles. The van der Waals surface area contributed by atoms with Gasteiger partial charge in [0.2, 0.25) is 0 Å². The zero-order valence-corrected chi connectivity index (χ0v) is 19.3. The van der Waals surface area contributed by atoms with Crippen LogP contribution in [-0.2, 0) is 28.6 Å². The van der Waals surface area contributed by atoms with E-state index in [0.29, 0.717) is 6.42 Å². The maximum absolute atomic E-state index is 13.0. The predicted molar refractivity (Wildman–Crippen MR) is 121 cm³/mol. The first-order valence-corrected chi connectivity index (χ1v) is 10.9. The van der Waals surface area contributed by atoms with Crippen molar-refractivity contribution in [2.75, 3.05) is 19.8 Å². The molecule has 0 amide bonds. The van der Waals surface area contributed by atoms with E-state index in [0.717, 1.165) is 24.0 Å². The SMILES string of the molecule is C=C1C(=O)O[C@@H]2/C(C)=C/CC/C=C(\C)C[C@@H](OC(=O)/C(=C\CO)COC(=O)/C(=C/C)CO)[C@@H]12. The van der Waals surface area contributed by atoms with Gasteiger partial charge in [-0.25, -0.2) is 14.4 Å². The van der Waals surface area contributed by atoms with Crippen LogP contribution < -0.4 is 0 Å². The average molecular weight is 461 g/mol. The molecule has 0 spiro atoms. The van der Waals surface area contributed by atoms with Crippen molar-refractivity contribution in [3.8, 4) is 0 Å². The van der Waals surface area contributed by atoms with Gasteiger partial charge >= 0.3 is 17.9 Å². The van der Waals surface area contributed by atoms with Crippen molar-refractivity contribution in [2.45, 2.75) is 52.2 Å². The molecule has 3 atom stereocenters. The highest BCUT2D eigenvalue weighted by Gasteiger charge is 2.46. The molecule has 0 radical (unpaired) electrons. The number of aliphatic hydroxyl groups excluding tert-OH is 2. The number of carbonyl (C=O) groups is 3. The summed E-state index contributed by atoms with van der Waals surface area (Å²) in [6.45, 7) is 7.83. The minimum atomic E-state index is -0.787. The van der Waals surface area contributed by atoms with Crippen molar-refractivity contribution in [3.05, 3.63) is 58.7 Å². The van der Waals surface area contributed by atoms with Crippen LogP contribution in [0.15, 0.2) is 58.7 Å². The molecule has 8 heteroatoms. The molecule has 0 bridgehead atoms. The third kappa shape index (κ3) is 6.76. The van der Waals surface area contributed by atoms with Crippen LogP contribution in [0.3, 0.4) is 0 Å². The Labute approximate surface area is 193 Å². The van der Waals surface area contributed by atoms with Crippen LogP contribution in [0.4, 0.5) is 0 Å².